The highest BCUT2D eigenvalue weighted by atomic mass is 79.9. The Bertz CT molecular complexity index is 662. The van der Waals surface area contributed by atoms with Crippen molar-refractivity contribution in [3.05, 3.63) is 51.8 Å². The molecule has 1 aliphatic rings. The van der Waals surface area contributed by atoms with Gasteiger partial charge in [0.15, 0.2) is 0 Å². The van der Waals surface area contributed by atoms with Crippen molar-refractivity contribution >= 4 is 21.8 Å². The average molecular weight is 349 g/mol. The standard InChI is InChI=1S/C16H17BrN2O2/c1-21-13-4-2-11(3-5-13)8-16(20)19-14-6-7-18-10-12(14)9-15(19)17/h2-5,9,18H,6-8,10H2,1H3. The van der Waals surface area contributed by atoms with Crippen LogP contribution in [-0.2, 0) is 19.4 Å². The zero-order chi connectivity index (χ0) is 14.8. The quantitative estimate of drug-likeness (QED) is 0.927. The molecule has 0 spiro atoms. The first-order chi connectivity index (χ1) is 10.2. The Hall–Kier alpha value is -1.59. The maximum atomic E-state index is 12.6. The molecule has 2 aromatic rings. The third kappa shape index (κ3) is 2.89. The third-order valence-corrected chi connectivity index (χ3v) is 4.35. The normalized spacial score (nSPS) is 13.8. The lowest BCUT2D eigenvalue weighted by molar-refractivity contribution is 0.0908. The molecule has 1 aromatic carbocycles. The molecule has 0 bridgehead atoms. The van der Waals surface area contributed by atoms with Crippen LogP contribution in [-0.4, -0.2) is 24.1 Å². The maximum absolute atomic E-state index is 12.6. The Balaban J connectivity index is 1.83. The molecule has 5 heteroatoms. The van der Waals surface area contributed by atoms with E-state index in [-0.39, 0.29) is 5.91 Å². The molecule has 4 nitrogen and oxygen atoms in total. The number of ether oxygens (including phenoxy) is 1. The summed E-state index contributed by atoms with van der Waals surface area (Å²) in [4.78, 5) is 12.6. The van der Waals surface area contributed by atoms with Gasteiger partial charge in [0.2, 0.25) is 5.91 Å². The molecule has 1 N–H and O–H groups in total. The molecule has 0 saturated heterocycles. The number of nitrogens with zero attached hydrogens (tertiary/aromatic N) is 1. The number of hydrogen-bond donors (Lipinski definition) is 1. The number of benzene rings is 1. The fraction of sp³-hybridized carbons (Fsp3) is 0.312. The van der Waals surface area contributed by atoms with Gasteiger partial charge in [-0.3, -0.25) is 9.36 Å². The number of carbonyl (C=O) groups is 1. The van der Waals surface area contributed by atoms with Crippen molar-refractivity contribution < 1.29 is 9.53 Å². The van der Waals surface area contributed by atoms with E-state index in [2.05, 4.69) is 21.2 Å². The zero-order valence-electron chi connectivity index (χ0n) is 11.9. The summed E-state index contributed by atoms with van der Waals surface area (Å²) < 4.78 is 7.78. The van der Waals surface area contributed by atoms with Gasteiger partial charge in [-0.1, -0.05) is 12.1 Å². The first kappa shape index (κ1) is 14.4. The predicted molar refractivity (Wildman–Crippen MR) is 84.9 cm³/mol. The minimum Gasteiger partial charge on any atom is -0.497 e. The van der Waals surface area contributed by atoms with Crippen molar-refractivity contribution in [1.29, 1.82) is 0 Å². The number of halogens is 1. The summed E-state index contributed by atoms with van der Waals surface area (Å²) in [6.45, 7) is 1.75. The van der Waals surface area contributed by atoms with Crippen molar-refractivity contribution in [2.75, 3.05) is 13.7 Å². The van der Waals surface area contributed by atoms with Crippen LogP contribution in [0.5, 0.6) is 5.75 Å². The van der Waals surface area contributed by atoms with E-state index in [1.165, 1.54) is 5.56 Å². The van der Waals surface area contributed by atoms with Gasteiger partial charge in [0.05, 0.1) is 18.1 Å². The van der Waals surface area contributed by atoms with E-state index in [0.29, 0.717) is 6.42 Å². The van der Waals surface area contributed by atoms with Crippen LogP contribution in [0.4, 0.5) is 0 Å². The largest absolute Gasteiger partial charge is 0.497 e. The summed E-state index contributed by atoms with van der Waals surface area (Å²) in [5.41, 5.74) is 3.32. The molecule has 0 aliphatic carbocycles. The molecule has 1 aliphatic heterocycles. The lowest BCUT2D eigenvalue weighted by Gasteiger charge is -2.16. The molecule has 3 rings (SSSR count). The molecule has 0 amide bonds. The Morgan fingerprint density at radius 3 is 2.86 bits per heavy atom. The van der Waals surface area contributed by atoms with Crippen LogP contribution in [0.3, 0.4) is 0 Å². The van der Waals surface area contributed by atoms with Crippen LogP contribution < -0.4 is 10.1 Å². The highest BCUT2D eigenvalue weighted by molar-refractivity contribution is 9.10. The van der Waals surface area contributed by atoms with Crippen LogP contribution in [0.1, 0.15) is 21.6 Å². The van der Waals surface area contributed by atoms with E-state index in [9.17, 15) is 4.79 Å². The number of hydrogen-bond acceptors (Lipinski definition) is 3. The topological polar surface area (TPSA) is 43.3 Å². The SMILES string of the molecule is COc1ccc(CC(=O)n2c(Br)cc3c2CCNC3)cc1. The number of nitrogens with one attached hydrogen (secondary N) is 1. The van der Waals surface area contributed by atoms with E-state index in [1.807, 2.05) is 30.3 Å². The maximum Gasteiger partial charge on any atom is 0.236 e. The first-order valence-electron chi connectivity index (χ1n) is 6.95. The second-order valence-electron chi connectivity index (χ2n) is 5.12. The molecule has 0 radical (unpaired) electrons. The van der Waals surface area contributed by atoms with Crippen LogP contribution in [0.25, 0.3) is 0 Å². The van der Waals surface area contributed by atoms with Crippen LogP contribution in [0.15, 0.2) is 34.9 Å². The number of fused-ring (bicyclic) bond motifs is 1. The van der Waals surface area contributed by atoms with Gasteiger partial charge in [0, 0.05) is 25.2 Å². The van der Waals surface area contributed by atoms with E-state index >= 15 is 0 Å². The molecule has 0 fully saturated rings. The van der Waals surface area contributed by atoms with Crippen molar-refractivity contribution in [2.24, 2.45) is 0 Å². The molecule has 0 unspecified atom stereocenters. The van der Waals surface area contributed by atoms with E-state index in [4.69, 9.17) is 4.74 Å². The Labute approximate surface area is 132 Å². The second-order valence-corrected chi connectivity index (χ2v) is 5.93. The fourth-order valence-corrected chi connectivity index (χ4v) is 3.37. The highest BCUT2D eigenvalue weighted by Gasteiger charge is 2.20. The summed E-state index contributed by atoms with van der Waals surface area (Å²) in [5, 5.41) is 3.32. The highest BCUT2D eigenvalue weighted by Crippen LogP contribution is 2.24. The van der Waals surface area contributed by atoms with Crippen LogP contribution in [0.2, 0.25) is 0 Å². The Kier molecular flexibility index (Phi) is 4.12. The molecule has 110 valence electrons. The summed E-state index contributed by atoms with van der Waals surface area (Å²) in [6.07, 6.45) is 1.27. The van der Waals surface area contributed by atoms with Gasteiger partial charge in [-0.15, -0.1) is 0 Å². The molecule has 2 heterocycles. The summed E-state index contributed by atoms with van der Waals surface area (Å²) in [5.74, 6) is 0.895. The first-order valence-corrected chi connectivity index (χ1v) is 7.74. The molecule has 0 atom stereocenters. The Morgan fingerprint density at radius 1 is 1.38 bits per heavy atom. The van der Waals surface area contributed by atoms with E-state index in [0.717, 1.165) is 41.1 Å². The lowest BCUT2D eigenvalue weighted by atomic mass is 10.1. The number of methoxy groups -OCH3 is 1. The number of rotatable bonds is 3. The summed E-state index contributed by atoms with van der Waals surface area (Å²) in [7, 11) is 1.64. The van der Waals surface area contributed by atoms with Crippen molar-refractivity contribution in [3.63, 3.8) is 0 Å². The minimum atomic E-state index is 0.0928. The van der Waals surface area contributed by atoms with Crippen LogP contribution >= 0.6 is 15.9 Å². The van der Waals surface area contributed by atoms with E-state index < -0.39 is 0 Å². The fourth-order valence-electron chi connectivity index (χ4n) is 2.69. The van der Waals surface area contributed by atoms with Gasteiger partial charge in [-0.2, -0.15) is 0 Å². The van der Waals surface area contributed by atoms with E-state index in [1.54, 1.807) is 11.7 Å². The number of aromatic nitrogens is 1. The summed E-state index contributed by atoms with van der Waals surface area (Å²) >= 11 is 3.51. The van der Waals surface area contributed by atoms with Gasteiger partial charge in [0.1, 0.15) is 5.75 Å². The smallest absolute Gasteiger partial charge is 0.236 e. The third-order valence-electron chi connectivity index (χ3n) is 3.77. The van der Waals surface area contributed by atoms with Crippen LogP contribution in [0, 0.1) is 0 Å². The van der Waals surface area contributed by atoms with Gasteiger partial charge >= 0.3 is 0 Å². The van der Waals surface area contributed by atoms with Crippen molar-refractivity contribution in [1.82, 2.24) is 9.88 Å². The summed E-state index contributed by atoms with van der Waals surface area (Å²) in [6, 6.07) is 9.66. The lowest BCUT2D eigenvalue weighted by Crippen LogP contribution is -2.26. The monoisotopic (exact) mass is 348 g/mol. The zero-order valence-corrected chi connectivity index (χ0v) is 13.4. The second kappa shape index (κ2) is 6.03. The Morgan fingerprint density at radius 2 is 2.14 bits per heavy atom. The molecule has 21 heavy (non-hydrogen) atoms. The minimum absolute atomic E-state index is 0.0928. The molecular weight excluding hydrogens is 332 g/mol. The van der Waals surface area contributed by atoms with Gasteiger partial charge in [-0.05, 0) is 45.3 Å². The van der Waals surface area contributed by atoms with Gasteiger partial charge in [-0.25, -0.2) is 0 Å². The van der Waals surface area contributed by atoms with Gasteiger partial charge < -0.3 is 10.1 Å². The molecule has 0 saturated carbocycles. The molecular formula is C16H17BrN2O2. The van der Waals surface area contributed by atoms with Crippen molar-refractivity contribution in [3.8, 4) is 5.75 Å². The van der Waals surface area contributed by atoms with Crippen molar-refractivity contribution in [2.45, 2.75) is 19.4 Å². The predicted octanol–water partition coefficient (Wildman–Crippen LogP) is 2.79. The number of carbonyl (C=O) groups excluding carboxylic acids is 1. The molecule has 1 aromatic heterocycles. The van der Waals surface area contributed by atoms with Gasteiger partial charge in [0.25, 0.3) is 0 Å². The average Bonchev–Trinajstić information content (AvgIpc) is 2.83.